The molecule has 1 aromatic heterocycles. The van der Waals surface area contributed by atoms with E-state index < -0.39 is 21.8 Å². The number of carboxylic acid groups (broad SMARTS) is 1. The van der Waals surface area contributed by atoms with Gasteiger partial charge in [0.15, 0.2) is 15.7 Å². The van der Waals surface area contributed by atoms with E-state index in [9.17, 15) is 22.7 Å². The molecule has 11 heteroatoms. The van der Waals surface area contributed by atoms with Gasteiger partial charge in [0, 0.05) is 5.56 Å². The molecule has 0 amide bonds. The highest BCUT2D eigenvalue weighted by Gasteiger charge is 2.27. The Bertz CT molecular complexity index is 1190. The first kappa shape index (κ1) is 19.2. The van der Waals surface area contributed by atoms with Gasteiger partial charge in [-0.1, -0.05) is 0 Å². The number of sulfonamides is 1. The van der Waals surface area contributed by atoms with Crippen molar-refractivity contribution < 1.29 is 32.2 Å². The third kappa shape index (κ3) is 3.74. The Morgan fingerprint density at radius 2 is 1.79 bits per heavy atom. The van der Waals surface area contributed by atoms with E-state index in [1.54, 1.807) is 0 Å². The van der Waals surface area contributed by atoms with Crippen molar-refractivity contribution in [3.05, 3.63) is 54.0 Å². The summed E-state index contributed by atoms with van der Waals surface area (Å²) in [5.74, 6) is -1.63. The smallest absolute Gasteiger partial charge is 0.339 e. The molecule has 2 N–H and O–H groups in total. The molecular formula is C18H13FN2O6S2. The van der Waals surface area contributed by atoms with E-state index in [0.717, 1.165) is 11.3 Å². The van der Waals surface area contributed by atoms with Crippen molar-refractivity contribution in [2.24, 2.45) is 0 Å². The Balaban J connectivity index is 1.66. The van der Waals surface area contributed by atoms with Gasteiger partial charge in [-0.25, -0.2) is 22.6 Å². The molecular weight excluding hydrogens is 423 g/mol. The van der Waals surface area contributed by atoms with Crippen molar-refractivity contribution in [3.8, 4) is 22.1 Å². The average molecular weight is 436 g/mol. The number of hydrogen-bond acceptors (Lipinski definition) is 7. The van der Waals surface area contributed by atoms with Gasteiger partial charge in [0.2, 0.25) is 0 Å². The molecule has 0 atom stereocenters. The summed E-state index contributed by atoms with van der Waals surface area (Å²) in [4.78, 5) is 15.4. The molecule has 3 aromatic rings. The minimum absolute atomic E-state index is 0.0167. The summed E-state index contributed by atoms with van der Waals surface area (Å²) in [5, 5.41) is 9.68. The minimum Gasteiger partial charge on any atom is -0.485 e. The highest BCUT2D eigenvalue weighted by atomic mass is 32.2. The first-order chi connectivity index (χ1) is 13.8. The molecule has 1 aliphatic heterocycles. The number of rotatable bonds is 5. The van der Waals surface area contributed by atoms with Crippen LogP contribution < -0.4 is 14.2 Å². The van der Waals surface area contributed by atoms with Crippen LogP contribution in [-0.4, -0.2) is 37.7 Å². The Labute approximate surface area is 168 Å². The summed E-state index contributed by atoms with van der Waals surface area (Å²) in [5.41, 5.74) is 0.512. The number of thiazole rings is 1. The fraction of sp³-hybridized carbons (Fsp3) is 0.111. The molecule has 0 aliphatic carbocycles. The number of carboxylic acids is 1. The van der Waals surface area contributed by atoms with Gasteiger partial charge in [-0.3, -0.25) is 4.72 Å². The number of ether oxygens (including phenoxy) is 2. The van der Waals surface area contributed by atoms with Crippen molar-refractivity contribution in [2.75, 3.05) is 17.9 Å². The molecule has 4 rings (SSSR count). The van der Waals surface area contributed by atoms with Crippen LogP contribution in [0.4, 0.5) is 10.1 Å². The third-order valence-electron chi connectivity index (χ3n) is 4.00. The van der Waals surface area contributed by atoms with E-state index in [0.29, 0.717) is 10.6 Å². The van der Waals surface area contributed by atoms with Gasteiger partial charge >= 0.3 is 5.97 Å². The molecule has 29 heavy (non-hydrogen) atoms. The Kier molecular flexibility index (Phi) is 4.84. The number of carbonyl (C=O) groups is 1. The number of benzene rings is 2. The zero-order valence-corrected chi connectivity index (χ0v) is 16.2. The average Bonchev–Trinajstić information content (AvgIpc) is 3.19. The summed E-state index contributed by atoms with van der Waals surface area (Å²) in [7, 11) is -4.03. The van der Waals surface area contributed by atoms with Crippen molar-refractivity contribution in [1.82, 2.24) is 4.98 Å². The van der Waals surface area contributed by atoms with Gasteiger partial charge in [-0.05, 0) is 36.4 Å². The molecule has 2 heterocycles. The number of halogens is 1. The lowest BCUT2D eigenvalue weighted by molar-refractivity contribution is 0.0686. The molecule has 0 fully saturated rings. The first-order valence-corrected chi connectivity index (χ1v) is 10.6. The SMILES string of the molecule is O=C(O)c1ccc(NS(=O)(=O)c2cnc(-c3ccc(F)cc3)s2)c2c1OCCO2. The van der Waals surface area contributed by atoms with Crippen molar-refractivity contribution in [2.45, 2.75) is 4.21 Å². The maximum atomic E-state index is 13.1. The zero-order chi connectivity index (χ0) is 20.6. The van der Waals surface area contributed by atoms with Crippen LogP contribution in [0.2, 0.25) is 0 Å². The molecule has 0 bridgehead atoms. The molecule has 0 saturated carbocycles. The van der Waals surface area contributed by atoms with Crippen molar-refractivity contribution in [3.63, 3.8) is 0 Å². The van der Waals surface area contributed by atoms with E-state index in [1.807, 2.05) is 0 Å². The standard InChI is InChI=1S/C18H13FN2O6S2/c19-11-3-1-10(2-4-11)17-20-9-14(28-17)29(24,25)21-13-6-5-12(18(22)23)15-16(13)27-8-7-26-15/h1-6,9,21H,7-8H2,(H,22,23). The lowest BCUT2D eigenvalue weighted by Gasteiger charge is -2.22. The van der Waals surface area contributed by atoms with Crippen molar-refractivity contribution >= 4 is 33.0 Å². The second kappa shape index (κ2) is 7.33. The summed E-state index contributed by atoms with van der Waals surface area (Å²) in [6.45, 7) is 0.305. The molecule has 8 nitrogen and oxygen atoms in total. The first-order valence-electron chi connectivity index (χ1n) is 8.25. The largest absolute Gasteiger partial charge is 0.485 e. The van der Waals surface area contributed by atoms with E-state index in [2.05, 4.69) is 9.71 Å². The van der Waals surface area contributed by atoms with Crippen LogP contribution in [0.15, 0.2) is 46.8 Å². The summed E-state index contributed by atoms with van der Waals surface area (Å²) >= 11 is 0.913. The number of nitrogens with one attached hydrogen (secondary N) is 1. The minimum atomic E-state index is -4.03. The summed E-state index contributed by atoms with van der Waals surface area (Å²) in [6, 6.07) is 8.07. The van der Waals surface area contributed by atoms with Crippen LogP contribution in [-0.2, 0) is 10.0 Å². The normalized spacial score (nSPS) is 13.1. The number of aromatic nitrogens is 1. The monoisotopic (exact) mass is 436 g/mol. The molecule has 0 unspecified atom stereocenters. The van der Waals surface area contributed by atoms with Crippen molar-refractivity contribution in [1.29, 1.82) is 0 Å². The highest BCUT2D eigenvalue weighted by molar-refractivity contribution is 7.94. The van der Waals surface area contributed by atoms with Gasteiger partial charge in [0.1, 0.15) is 29.6 Å². The Morgan fingerprint density at radius 1 is 1.10 bits per heavy atom. The Hall–Kier alpha value is -3.18. The molecule has 2 aromatic carbocycles. The van der Waals surface area contributed by atoms with Crippen LogP contribution in [0.1, 0.15) is 10.4 Å². The van der Waals surface area contributed by atoms with Gasteiger partial charge in [0.25, 0.3) is 10.0 Å². The van der Waals surface area contributed by atoms with Gasteiger partial charge in [-0.15, -0.1) is 11.3 Å². The molecule has 0 saturated heterocycles. The Morgan fingerprint density at radius 3 is 2.48 bits per heavy atom. The lowest BCUT2D eigenvalue weighted by atomic mass is 10.1. The van der Waals surface area contributed by atoms with Crippen LogP contribution >= 0.6 is 11.3 Å². The third-order valence-corrected chi connectivity index (χ3v) is 6.88. The van der Waals surface area contributed by atoms with E-state index in [4.69, 9.17) is 9.47 Å². The van der Waals surface area contributed by atoms with Gasteiger partial charge in [-0.2, -0.15) is 0 Å². The van der Waals surface area contributed by atoms with Crippen LogP contribution in [0.5, 0.6) is 11.5 Å². The molecule has 1 aliphatic rings. The molecule has 0 spiro atoms. The van der Waals surface area contributed by atoms with Gasteiger partial charge in [0.05, 0.1) is 11.9 Å². The van der Waals surface area contributed by atoms with Crippen LogP contribution in [0, 0.1) is 5.82 Å². The number of anilines is 1. The topological polar surface area (TPSA) is 115 Å². The second-order valence-corrected chi connectivity index (χ2v) is 8.86. The number of aromatic carboxylic acids is 1. The van der Waals surface area contributed by atoms with E-state index in [1.165, 1.54) is 42.6 Å². The molecule has 0 radical (unpaired) electrons. The van der Waals surface area contributed by atoms with E-state index >= 15 is 0 Å². The maximum Gasteiger partial charge on any atom is 0.339 e. The van der Waals surface area contributed by atoms with Crippen LogP contribution in [0.3, 0.4) is 0 Å². The van der Waals surface area contributed by atoms with E-state index in [-0.39, 0.29) is 40.2 Å². The second-order valence-electron chi connectivity index (χ2n) is 5.92. The van der Waals surface area contributed by atoms with Crippen LogP contribution in [0.25, 0.3) is 10.6 Å². The maximum absolute atomic E-state index is 13.1. The lowest BCUT2D eigenvalue weighted by Crippen LogP contribution is -2.20. The fourth-order valence-corrected chi connectivity index (χ4v) is 4.89. The summed E-state index contributed by atoms with van der Waals surface area (Å²) < 4.78 is 51.8. The molecule has 150 valence electrons. The highest BCUT2D eigenvalue weighted by Crippen LogP contribution is 2.41. The quantitative estimate of drug-likeness (QED) is 0.631. The predicted octanol–water partition coefficient (Wildman–Crippen LogP) is 3.22. The number of nitrogens with zero attached hydrogens (tertiary/aromatic N) is 1. The summed E-state index contributed by atoms with van der Waals surface area (Å²) in [6.07, 6.45) is 1.20. The number of hydrogen-bond donors (Lipinski definition) is 2. The predicted molar refractivity (Wildman–Crippen MR) is 103 cm³/mol. The van der Waals surface area contributed by atoms with Gasteiger partial charge < -0.3 is 14.6 Å². The fourth-order valence-electron chi connectivity index (χ4n) is 2.69. The number of fused-ring (bicyclic) bond motifs is 1. The zero-order valence-electron chi connectivity index (χ0n) is 14.6.